The second-order valence-electron chi connectivity index (χ2n) is 8.52. The van der Waals surface area contributed by atoms with Crippen LogP contribution in [0.1, 0.15) is 29.0 Å². The van der Waals surface area contributed by atoms with Gasteiger partial charge in [0, 0.05) is 19.1 Å². The van der Waals surface area contributed by atoms with Crippen LogP contribution in [0.5, 0.6) is 5.75 Å². The number of hydrogen-bond acceptors (Lipinski definition) is 5. The third kappa shape index (κ3) is 5.46. The van der Waals surface area contributed by atoms with Gasteiger partial charge in [0.25, 0.3) is 0 Å². The Bertz CT molecular complexity index is 1060. The molecule has 1 fully saturated rings. The van der Waals surface area contributed by atoms with Crippen molar-refractivity contribution in [2.24, 2.45) is 0 Å². The fourth-order valence-corrected chi connectivity index (χ4v) is 4.64. The predicted octanol–water partition coefficient (Wildman–Crippen LogP) is 3.76. The van der Waals surface area contributed by atoms with Crippen LogP contribution in [-0.2, 0) is 20.9 Å². The van der Waals surface area contributed by atoms with Crippen molar-refractivity contribution < 1.29 is 19.1 Å². The Morgan fingerprint density at radius 2 is 1.59 bits per heavy atom. The quantitative estimate of drug-likeness (QED) is 0.521. The zero-order valence-corrected chi connectivity index (χ0v) is 19.5. The molecule has 176 valence electrons. The molecule has 6 heteroatoms. The van der Waals surface area contributed by atoms with Crippen molar-refractivity contribution in [3.8, 4) is 5.75 Å². The summed E-state index contributed by atoms with van der Waals surface area (Å²) in [6, 6.07) is 26.7. The minimum atomic E-state index is -0.425. The van der Waals surface area contributed by atoms with Gasteiger partial charge in [0.2, 0.25) is 5.91 Å². The van der Waals surface area contributed by atoms with Gasteiger partial charge in [-0.25, -0.2) is 0 Å². The molecule has 1 amide bonds. The molecular weight excluding hydrogens is 428 g/mol. The van der Waals surface area contributed by atoms with E-state index in [9.17, 15) is 9.59 Å². The fraction of sp³-hybridized carbons (Fsp3) is 0.286. The van der Waals surface area contributed by atoms with E-state index in [0.29, 0.717) is 19.5 Å². The van der Waals surface area contributed by atoms with E-state index in [1.54, 1.807) is 7.11 Å². The molecule has 3 aromatic rings. The molecule has 0 aromatic heterocycles. The molecular formula is C28H30N2O4. The lowest BCUT2D eigenvalue weighted by atomic mass is 9.90. The average Bonchev–Trinajstić information content (AvgIpc) is 3.26. The minimum absolute atomic E-state index is 0.0748. The summed E-state index contributed by atoms with van der Waals surface area (Å²) in [4.78, 5) is 28.1. The molecule has 1 N–H and O–H groups in total. The second-order valence-corrected chi connectivity index (χ2v) is 8.52. The monoisotopic (exact) mass is 458 g/mol. The Labute approximate surface area is 200 Å². The average molecular weight is 459 g/mol. The van der Waals surface area contributed by atoms with Gasteiger partial charge in [-0.3, -0.25) is 14.5 Å². The van der Waals surface area contributed by atoms with Crippen molar-refractivity contribution in [1.29, 1.82) is 0 Å². The lowest BCUT2D eigenvalue weighted by molar-refractivity contribution is -0.146. The zero-order chi connectivity index (χ0) is 23.9. The number of nitrogens with zero attached hydrogens (tertiary/aromatic N) is 1. The number of nitrogens with one attached hydrogen (secondary N) is 1. The van der Waals surface area contributed by atoms with Gasteiger partial charge >= 0.3 is 5.97 Å². The molecule has 0 bridgehead atoms. The minimum Gasteiger partial charge on any atom is -0.497 e. The van der Waals surface area contributed by atoms with E-state index < -0.39 is 12.0 Å². The van der Waals surface area contributed by atoms with Gasteiger partial charge in [0.15, 0.2) is 0 Å². The van der Waals surface area contributed by atoms with Crippen molar-refractivity contribution >= 4 is 11.9 Å². The third-order valence-corrected chi connectivity index (χ3v) is 6.27. The van der Waals surface area contributed by atoms with Gasteiger partial charge in [-0.1, -0.05) is 72.8 Å². The first kappa shape index (κ1) is 23.5. The summed E-state index contributed by atoms with van der Waals surface area (Å²) in [5.74, 6) is -0.0206. The van der Waals surface area contributed by atoms with Gasteiger partial charge in [0.05, 0.1) is 20.1 Å². The molecule has 3 aromatic carbocycles. The highest BCUT2D eigenvalue weighted by Crippen LogP contribution is 2.27. The van der Waals surface area contributed by atoms with Crippen LogP contribution in [0.3, 0.4) is 0 Å². The molecule has 0 saturated carbocycles. The second kappa shape index (κ2) is 11.0. The first-order chi connectivity index (χ1) is 16.6. The third-order valence-electron chi connectivity index (χ3n) is 6.27. The lowest BCUT2D eigenvalue weighted by Crippen LogP contribution is -2.40. The maximum atomic E-state index is 13.5. The Hall–Kier alpha value is -3.64. The molecule has 4 rings (SSSR count). The first-order valence-corrected chi connectivity index (χ1v) is 11.4. The van der Waals surface area contributed by atoms with Gasteiger partial charge in [-0.15, -0.1) is 0 Å². The first-order valence-electron chi connectivity index (χ1n) is 11.4. The molecule has 0 unspecified atom stereocenters. The number of esters is 1. The molecule has 1 saturated heterocycles. The number of rotatable bonds is 8. The van der Waals surface area contributed by atoms with Crippen molar-refractivity contribution in [2.45, 2.75) is 31.0 Å². The maximum absolute atomic E-state index is 13.5. The number of ether oxygens (including phenoxy) is 2. The van der Waals surface area contributed by atoms with Crippen molar-refractivity contribution in [2.75, 3.05) is 20.8 Å². The van der Waals surface area contributed by atoms with Crippen LogP contribution in [0.25, 0.3) is 0 Å². The van der Waals surface area contributed by atoms with Crippen molar-refractivity contribution in [3.05, 3.63) is 102 Å². The van der Waals surface area contributed by atoms with E-state index in [-0.39, 0.29) is 17.9 Å². The van der Waals surface area contributed by atoms with Crippen LogP contribution < -0.4 is 10.1 Å². The number of methoxy groups -OCH3 is 2. The van der Waals surface area contributed by atoms with Crippen LogP contribution >= 0.6 is 0 Å². The number of likely N-dealkylation sites (tertiary alicyclic amines) is 1. The number of benzene rings is 3. The van der Waals surface area contributed by atoms with Crippen LogP contribution in [0.2, 0.25) is 0 Å². The van der Waals surface area contributed by atoms with E-state index >= 15 is 0 Å². The Morgan fingerprint density at radius 1 is 0.941 bits per heavy atom. The largest absolute Gasteiger partial charge is 0.497 e. The van der Waals surface area contributed by atoms with E-state index in [1.807, 2.05) is 84.9 Å². The molecule has 34 heavy (non-hydrogen) atoms. The van der Waals surface area contributed by atoms with Crippen LogP contribution in [0, 0.1) is 0 Å². The van der Waals surface area contributed by atoms with Gasteiger partial charge in [-0.2, -0.15) is 0 Å². The number of carbonyl (C=O) groups excluding carboxylic acids is 2. The number of hydrogen-bond donors (Lipinski definition) is 1. The summed E-state index contributed by atoms with van der Waals surface area (Å²) >= 11 is 0. The highest BCUT2D eigenvalue weighted by atomic mass is 16.5. The fourth-order valence-electron chi connectivity index (χ4n) is 4.64. The lowest BCUT2D eigenvalue weighted by Gasteiger charge is -2.23. The summed E-state index contributed by atoms with van der Waals surface area (Å²) in [6.07, 6.45) is 0.499. The summed E-state index contributed by atoms with van der Waals surface area (Å²) < 4.78 is 10.4. The van der Waals surface area contributed by atoms with E-state index in [2.05, 4.69) is 10.2 Å². The molecule has 1 heterocycles. The molecule has 6 nitrogen and oxygen atoms in total. The van der Waals surface area contributed by atoms with Gasteiger partial charge in [0.1, 0.15) is 11.8 Å². The molecule has 1 aliphatic heterocycles. The Balaban J connectivity index is 1.52. The highest BCUT2D eigenvalue weighted by molar-refractivity contribution is 5.87. The van der Waals surface area contributed by atoms with Crippen molar-refractivity contribution in [3.63, 3.8) is 0 Å². The number of amides is 1. The van der Waals surface area contributed by atoms with Crippen molar-refractivity contribution in [1.82, 2.24) is 10.2 Å². The van der Waals surface area contributed by atoms with E-state index in [4.69, 9.17) is 9.47 Å². The summed E-state index contributed by atoms with van der Waals surface area (Å²) in [5, 5.41) is 3.21. The Kier molecular flexibility index (Phi) is 7.60. The molecule has 0 aliphatic carbocycles. The van der Waals surface area contributed by atoms with Crippen LogP contribution in [0.4, 0.5) is 0 Å². The summed E-state index contributed by atoms with van der Waals surface area (Å²) in [7, 11) is 3.03. The van der Waals surface area contributed by atoms with Crippen LogP contribution in [0.15, 0.2) is 84.9 Å². The zero-order valence-electron chi connectivity index (χ0n) is 19.5. The molecule has 0 radical (unpaired) electrons. The predicted molar refractivity (Wildman–Crippen MR) is 130 cm³/mol. The highest BCUT2D eigenvalue weighted by Gasteiger charge is 2.39. The topological polar surface area (TPSA) is 67.9 Å². The van der Waals surface area contributed by atoms with E-state index in [0.717, 1.165) is 22.4 Å². The molecule has 0 spiro atoms. The van der Waals surface area contributed by atoms with Crippen LogP contribution in [-0.4, -0.2) is 49.6 Å². The SMILES string of the molecule is COC(=O)[C@@H]1C[C@@H](NC(=O)C(c2ccccc2)c2ccccc2)CN1Cc1cccc(OC)c1. The smallest absolute Gasteiger partial charge is 0.323 e. The Morgan fingerprint density at radius 3 is 2.18 bits per heavy atom. The summed E-state index contributed by atoms with van der Waals surface area (Å²) in [6.45, 7) is 1.11. The normalized spacial score (nSPS) is 18.0. The number of carbonyl (C=O) groups is 2. The van der Waals surface area contributed by atoms with E-state index in [1.165, 1.54) is 7.11 Å². The molecule has 2 atom stereocenters. The van der Waals surface area contributed by atoms with Gasteiger partial charge < -0.3 is 14.8 Å². The molecule has 1 aliphatic rings. The standard InChI is InChI=1S/C28H30N2O4/c1-33-24-15-9-10-20(16-24)18-30-19-23(17-25(30)28(32)34-2)29-27(31)26(21-11-5-3-6-12-21)22-13-7-4-8-14-22/h3-16,23,25-26H,17-19H2,1-2H3,(H,29,31)/t23-,25+/m1/s1. The summed E-state index contributed by atoms with van der Waals surface area (Å²) in [5.41, 5.74) is 2.90. The maximum Gasteiger partial charge on any atom is 0.323 e. The van der Waals surface area contributed by atoms with Gasteiger partial charge in [-0.05, 0) is 35.2 Å².